The van der Waals surface area contributed by atoms with Crippen molar-refractivity contribution >= 4 is 11.9 Å². The molecule has 2 unspecified atom stereocenters. The summed E-state index contributed by atoms with van der Waals surface area (Å²) < 4.78 is 11.9. The largest absolute Gasteiger partial charge is 0.449 e. The van der Waals surface area contributed by atoms with Gasteiger partial charge in [-0.25, -0.2) is 9.59 Å². The van der Waals surface area contributed by atoms with Crippen molar-refractivity contribution < 1.29 is 19.1 Å². The predicted molar refractivity (Wildman–Crippen MR) is 157 cm³/mol. The molecule has 2 fully saturated rings. The summed E-state index contributed by atoms with van der Waals surface area (Å²) in [6.07, 6.45) is 2.60. The van der Waals surface area contributed by atoms with E-state index in [1.54, 1.807) is 0 Å². The van der Waals surface area contributed by atoms with Crippen LogP contribution in [-0.2, 0) is 19.1 Å². The molecule has 0 aliphatic carbocycles. The van der Waals surface area contributed by atoms with Crippen LogP contribution in [0.4, 0.5) is 0 Å². The van der Waals surface area contributed by atoms with Crippen molar-refractivity contribution in [2.75, 3.05) is 53.4 Å². The molecule has 0 bridgehead atoms. The lowest BCUT2D eigenvalue weighted by Gasteiger charge is -2.44. The van der Waals surface area contributed by atoms with Crippen molar-refractivity contribution in [3.63, 3.8) is 0 Å². The first-order chi connectivity index (χ1) is 19.3. The van der Waals surface area contributed by atoms with Crippen LogP contribution in [0.3, 0.4) is 0 Å². The second kappa shape index (κ2) is 13.7. The van der Waals surface area contributed by atoms with E-state index in [0.29, 0.717) is 38.8 Å². The standard InChI is InChI=1S/C32H46N4O4/c1-25(27-11-7-5-8-12-27)35-19-15-31(16-20-35,23-33-3)39-29(37)30(38)40-32(24-34-4)17-21-36(22-18-32)26(2)28-13-9-6-10-14-28/h5-14,25-26,33-34H,15-24H2,1-4H3. The van der Waals surface area contributed by atoms with Gasteiger partial charge in [-0.05, 0) is 39.1 Å². The SMILES string of the molecule is CNCC1(OC(=O)C(=O)OC2(CNC)CCN(C(C)c3ccccc3)CC2)CCN(C(C)c2ccccc2)CC1. The van der Waals surface area contributed by atoms with Crippen LogP contribution in [0.2, 0.25) is 0 Å². The molecule has 2 saturated heterocycles. The summed E-state index contributed by atoms with van der Waals surface area (Å²) in [5.41, 5.74) is 1.07. The highest BCUT2D eigenvalue weighted by Crippen LogP contribution is 2.33. The maximum absolute atomic E-state index is 13.1. The van der Waals surface area contributed by atoms with E-state index in [1.165, 1.54) is 11.1 Å². The summed E-state index contributed by atoms with van der Waals surface area (Å²) in [7, 11) is 3.69. The van der Waals surface area contributed by atoms with Crippen LogP contribution in [0.5, 0.6) is 0 Å². The van der Waals surface area contributed by atoms with Crippen molar-refractivity contribution in [2.24, 2.45) is 0 Å². The summed E-state index contributed by atoms with van der Waals surface area (Å²) >= 11 is 0. The Bertz CT molecular complexity index is 993. The fourth-order valence-corrected chi connectivity index (χ4v) is 6.27. The third kappa shape index (κ3) is 7.29. The van der Waals surface area contributed by atoms with Crippen molar-refractivity contribution in [3.05, 3.63) is 71.8 Å². The van der Waals surface area contributed by atoms with Gasteiger partial charge in [0.25, 0.3) is 0 Å². The van der Waals surface area contributed by atoms with Gasteiger partial charge in [0.1, 0.15) is 11.2 Å². The second-order valence-electron chi connectivity index (χ2n) is 11.5. The van der Waals surface area contributed by atoms with Crippen LogP contribution in [0, 0.1) is 0 Å². The monoisotopic (exact) mass is 550 g/mol. The number of nitrogens with zero attached hydrogens (tertiary/aromatic N) is 2. The number of hydrogen-bond acceptors (Lipinski definition) is 8. The van der Waals surface area contributed by atoms with E-state index in [1.807, 2.05) is 26.2 Å². The Labute approximate surface area is 239 Å². The molecule has 2 N–H and O–H groups in total. The minimum Gasteiger partial charge on any atom is -0.449 e. The van der Waals surface area contributed by atoms with Gasteiger partial charge in [0.15, 0.2) is 0 Å². The van der Waals surface area contributed by atoms with Crippen molar-refractivity contribution in [1.29, 1.82) is 0 Å². The highest BCUT2D eigenvalue weighted by atomic mass is 16.6. The third-order valence-electron chi connectivity index (χ3n) is 8.86. The third-order valence-corrected chi connectivity index (χ3v) is 8.86. The molecule has 8 nitrogen and oxygen atoms in total. The molecule has 2 atom stereocenters. The lowest BCUT2D eigenvalue weighted by Crippen LogP contribution is -2.55. The normalized spacial score (nSPS) is 20.8. The molecule has 8 heteroatoms. The number of ether oxygens (including phenoxy) is 2. The van der Waals surface area contributed by atoms with Gasteiger partial charge in [0.2, 0.25) is 0 Å². The van der Waals surface area contributed by atoms with Crippen molar-refractivity contribution in [3.8, 4) is 0 Å². The zero-order valence-corrected chi connectivity index (χ0v) is 24.5. The zero-order chi connectivity index (χ0) is 28.6. The van der Waals surface area contributed by atoms with Gasteiger partial charge in [0.05, 0.1) is 0 Å². The highest BCUT2D eigenvalue weighted by Gasteiger charge is 2.44. The molecule has 40 heavy (non-hydrogen) atoms. The average Bonchev–Trinajstić information content (AvgIpc) is 2.98. The van der Waals surface area contributed by atoms with Crippen LogP contribution in [-0.4, -0.2) is 86.3 Å². The number of esters is 2. The molecule has 2 aliphatic heterocycles. The van der Waals surface area contributed by atoms with E-state index in [0.717, 1.165) is 26.2 Å². The molecule has 0 aromatic heterocycles. The van der Waals surface area contributed by atoms with E-state index in [-0.39, 0.29) is 12.1 Å². The van der Waals surface area contributed by atoms with E-state index >= 15 is 0 Å². The van der Waals surface area contributed by atoms with Crippen molar-refractivity contribution in [1.82, 2.24) is 20.4 Å². The highest BCUT2D eigenvalue weighted by molar-refractivity contribution is 6.29. The Kier molecular flexibility index (Phi) is 10.4. The number of piperidine rings is 2. The smallest absolute Gasteiger partial charge is 0.418 e. The van der Waals surface area contributed by atoms with Gasteiger partial charge in [-0.2, -0.15) is 0 Å². The van der Waals surface area contributed by atoms with Gasteiger partial charge in [-0.1, -0.05) is 60.7 Å². The molecule has 2 aromatic rings. The second-order valence-corrected chi connectivity index (χ2v) is 11.5. The maximum atomic E-state index is 13.1. The number of hydrogen-bond donors (Lipinski definition) is 2. The fraction of sp³-hybridized carbons (Fsp3) is 0.562. The van der Waals surface area contributed by atoms with E-state index < -0.39 is 23.1 Å². The number of carbonyl (C=O) groups excluding carboxylic acids is 2. The quantitative estimate of drug-likeness (QED) is 0.342. The number of likely N-dealkylation sites (tertiary alicyclic amines) is 2. The van der Waals surface area contributed by atoms with E-state index in [2.05, 4.69) is 82.8 Å². The molecule has 0 spiro atoms. The summed E-state index contributed by atoms with van der Waals surface area (Å²) in [5, 5.41) is 6.35. The number of likely N-dealkylation sites (N-methyl/N-ethyl adjacent to an activating group) is 2. The molecule has 4 rings (SSSR count). The molecule has 0 amide bonds. The van der Waals surface area contributed by atoms with Crippen LogP contribution in [0.1, 0.15) is 62.7 Å². The molecule has 218 valence electrons. The Balaban J connectivity index is 1.34. The lowest BCUT2D eigenvalue weighted by molar-refractivity contribution is -0.191. The first-order valence-corrected chi connectivity index (χ1v) is 14.6. The van der Waals surface area contributed by atoms with Crippen LogP contribution < -0.4 is 10.6 Å². The lowest BCUT2D eigenvalue weighted by atomic mass is 9.89. The van der Waals surface area contributed by atoms with E-state index in [4.69, 9.17) is 9.47 Å². The van der Waals surface area contributed by atoms with Crippen LogP contribution in [0.25, 0.3) is 0 Å². The van der Waals surface area contributed by atoms with Gasteiger partial charge >= 0.3 is 11.9 Å². The first kappa shape index (κ1) is 30.2. The number of nitrogens with one attached hydrogen (secondary N) is 2. The first-order valence-electron chi connectivity index (χ1n) is 14.6. The van der Waals surface area contributed by atoms with Gasteiger partial charge in [-0.3, -0.25) is 9.80 Å². The molecule has 0 saturated carbocycles. The van der Waals surface area contributed by atoms with Gasteiger partial charge < -0.3 is 20.1 Å². The summed E-state index contributed by atoms with van der Waals surface area (Å²) in [6, 6.07) is 21.4. The minimum atomic E-state index is -0.893. The maximum Gasteiger partial charge on any atom is 0.418 e. The molecule has 2 aliphatic rings. The summed E-state index contributed by atoms with van der Waals surface area (Å²) in [6.45, 7) is 8.51. The fourth-order valence-electron chi connectivity index (χ4n) is 6.27. The Morgan fingerprint density at radius 3 is 1.30 bits per heavy atom. The molecular formula is C32H46N4O4. The molecule has 0 radical (unpaired) electrons. The summed E-state index contributed by atoms with van der Waals surface area (Å²) in [5.74, 6) is -1.79. The van der Waals surface area contributed by atoms with Crippen LogP contribution >= 0.6 is 0 Å². The Hall–Kier alpha value is -2.78. The predicted octanol–water partition coefficient (Wildman–Crippen LogP) is 3.70. The van der Waals surface area contributed by atoms with E-state index in [9.17, 15) is 9.59 Å². The Morgan fingerprint density at radius 1 is 0.675 bits per heavy atom. The zero-order valence-electron chi connectivity index (χ0n) is 24.5. The molecule has 2 heterocycles. The average molecular weight is 551 g/mol. The topological polar surface area (TPSA) is 83.1 Å². The Morgan fingerprint density at radius 2 is 1.00 bits per heavy atom. The summed E-state index contributed by atoms with van der Waals surface area (Å²) in [4.78, 5) is 31.1. The molecular weight excluding hydrogens is 504 g/mol. The number of rotatable bonds is 10. The molecule has 2 aromatic carbocycles. The van der Waals surface area contributed by atoms with Gasteiger partial charge in [-0.15, -0.1) is 0 Å². The van der Waals surface area contributed by atoms with Gasteiger partial charge in [0, 0.05) is 77.0 Å². The number of carbonyl (C=O) groups is 2. The van der Waals surface area contributed by atoms with Crippen molar-refractivity contribution in [2.45, 2.75) is 62.8 Å². The number of benzene rings is 2. The minimum absolute atomic E-state index is 0.270. The van der Waals surface area contributed by atoms with Crippen LogP contribution in [0.15, 0.2) is 60.7 Å².